The first kappa shape index (κ1) is 19.7. The topological polar surface area (TPSA) is 78.9 Å². The highest BCUT2D eigenvalue weighted by atomic mass is 16.5. The largest absolute Gasteiger partial charge is 0.469 e. The van der Waals surface area contributed by atoms with Crippen LogP contribution in [-0.2, 0) is 19.0 Å². The molecular weight excluding hydrogens is 312 g/mol. The Kier molecular flexibility index (Phi) is 8.54. The van der Waals surface area contributed by atoms with Gasteiger partial charge in [-0.15, -0.1) is 0 Å². The summed E-state index contributed by atoms with van der Waals surface area (Å²) in [5.74, 6) is -1.64. The van der Waals surface area contributed by atoms with Gasteiger partial charge in [0, 0.05) is 5.92 Å². The molecule has 1 rings (SSSR count). The number of unbranched alkanes of at least 4 members (excludes halogenated alkanes) is 1. The number of hydrogen-bond acceptors (Lipinski definition) is 6. The summed E-state index contributed by atoms with van der Waals surface area (Å²) >= 11 is 0. The molecule has 1 aromatic carbocycles. The van der Waals surface area contributed by atoms with Crippen LogP contribution in [0.1, 0.15) is 53.3 Å². The normalized spacial score (nSPS) is 11.5. The second kappa shape index (κ2) is 10.4. The van der Waals surface area contributed by atoms with E-state index < -0.39 is 11.9 Å². The molecule has 1 atom stereocenters. The fraction of sp³-hybridized carbons (Fsp3) is 0.500. The third-order valence-corrected chi connectivity index (χ3v) is 3.65. The summed E-state index contributed by atoms with van der Waals surface area (Å²) < 4.78 is 14.7. The number of ether oxygens (including phenoxy) is 3. The maximum atomic E-state index is 12.3. The minimum atomic E-state index is -0.609. The Morgan fingerprint density at radius 3 is 2.17 bits per heavy atom. The molecule has 0 saturated carbocycles. The van der Waals surface area contributed by atoms with Crippen LogP contribution in [0.3, 0.4) is 0 Å². The molecule has 132 valence electrons. The van der Waals surface area contributed by atoms with Gasteiger partial charge in [0.25, 0.3) is 0 Å². The predicted octanol–water partition coefficient (Wildman–Crippen LogP) is 3.00. The van der Waals surface area contributed by atoms with Gasteiger partial charge in [0.1, 0.15) is 0 Å². The van der Waals surface area contributed by atoms with Gasteiger partial charge in [-0.05, 0) is 18.6 Å². The summed E-state index contributed by atoms with van der Waals surface area (Å²) in [6.07, 6.45) is 2.87. The lowest BCUT2D eigenvalue weighted by atomic mass is 9.99. The summed E-state index contributed by atoms with van der Waals surface area (Å²) in [6, 6.07) is 6.30. The van der Waals surface area contributed by atoms with Crippen molar-refractivity contribution >= 4 is 17.9 Å². The molecule has 0 N–H and O–H groups in total. The molecule has 0 aliphatic rings. The quantitative estimate of drug-likeness (QED) is 0.509. The van der Waals surface area contributed by atoms with E-state index in [9.17, 15) is 14.4 Å². The molecule has 0 amide bonds. The van der Waals surface area contributed by atoms with Crippen molar-refractivity contribution in [3.05, 3.63) is 35.4 Å². The second-order valence-corrected chi connectivity index (χ2v) is 5.42. The monoisotopic (exact) mass is 336 g/mol. The van der Waals surface area contributed by atoms with Gasteiger partial charge >= 0.3 is 17.9 Å². The molecule has 0 aliphatic carbocycles. The van der Waals surface area contributed by atoms with Gasteiger partial charge in [0.05, 0.1) is 38.4 Å². The fourth-order valence-electron chi connectivity index (χ4n) is 2.28. The molecule has 1 aromatic rings. The zero-order chi connectivity index (χ0) is 17.9. The maximum absolute atomic E-state index is 12.3. The van der Waals surface area contributed by atoms with E-state index in [0.717, 1.165) is 19.3 Å². The summed E-state index contributed by atoms with van der Waals surface area (Å²) in [5, 5.41) is 0. The lowest BCUT2D eigenvalue weighted by Gasteiger charge is -2.16. The molecule has 0 bridgehead atoms. The first-order chi connectivity index (χ1) is 11.5. The number of benzene rings is 1. The molecule has 6 nitrogen and oxygen atoms in total. The first-order valence-corrected chi connectivity index (χ1v) is 7.94. The van der Waals surface area contributed by atoms with Crippen LogP contribution in [0.15, 0.2) is 24.3 Å². The highest BCUT2D eigenvalue weighted by molar-refractivity contribution is 6.03. The van der Waals surface area contributed by atoms with Gasteiger partial charge in [-0.2, -0.15) is 0 Å². The third kappa shape index (κ3) is 6.02. The Hall–Kier alpha value is -2.37. The zero-order valence-electron chi connectivity index (χ0n) is 14.4. The van der Waals surface area contributed by atoms with Gasteiger partial charge in [0.2, 0.25) is 0 Å². The van der Waals surface area contributed by atoms with Crippen LogP contribution in [0.2, 0.25) is 0 Å². The predicted molar refractivity (Wildman–Crippen MR) is 87.7 cm³/mol. The van der Waals surface area contributed by atoms with Gasteiger partial charge in [0.15, 0.2) is 0 Å². The van der Waals surface area contributed by atoms with Crippen molar-refractivity contribution in [2.45, 2.75) is 32.6 Å². The molecule has 0 heterocycles. The first-order valence-electron chi connectivity index (χ1n) is 7.94. The number of rotatable bonds is 9. The van der Waals surface area contributed by atoms with E-state index >= 15 is 0 Å². The molecule has 0 spiro atoms. The molecule has 0 fully saturated rings. The molecule has 0 saturated heterocycles. The second-order valence-electron chi connectivity index (χ2n) is 5.42. The number of methoxy groups -OCH3 is 2. The van der Waals surface area contributed by atoms with Crippen molar-refractivity contribution in [2.24, 2.45) is 5.92 Å². The van der Waals surface area contributed by atoms with Crippen molar-refractivity contribution in [3.63, 3.8) is 0 Å². The van der Waals surface area contributed by atoms with Crippen LogP contribution in [0.25, 0.3) is 0 Å². The van der Waals surface area contributed by atoms with Crippen LogP contribution in [0.5, 0.6) is 0 Å². The molecule has 0 aromatic heterocycles. The Morgan fingerprint density at radius 1 is 1.00 bits per heavy atom. The van der Waals surface area contributed by atoms with Crippen molar-refractivity contribution < 1.29 is 28.6 Å². The van der Waals surface area contributed by atoms with Crippen LogP contribution >= 0.6 is 0 Å². The van der Waals surface area contributed by atoms with Crippen LogP contribution < -0.4 is 0 Å². The average molecular weight is 336 g/mol. The average Bonchev–Trinajstić information content (AvgIpc) is 2.62. The van der Waals surface area contributed by atoms with Crippen LogP contribution in [0.4, 0.5) is 0 Å². The van der Waals surface area contributed by atoms with Crippen molar-refractivity contribution in [3.8, 4) is 0 Å². The molecule has 0 aliphatic heterocycles. The van der Waals surface area contributed by atoms with Gasteiger partial charge in [-0.1, -0.05) is 31.9 Å². The van der Waals surface area contributed by atoms with Crippen LogP contribution in [-0.4, -0.2) is 38.7 Å². The summed E-state index contributed by atoms with van der Waals surface area (Å²) in [5.41, 5.74) is 0.305. The van der Waals surface area contributed by atoms with Crippen molar-refractivity contribution in [1.82, 2.24) is 0 Å². The van der Waals surface area contributed by atoms with E-state index in [-0.39, 0.29) is 36.0 Å². The summed E-state index contributed by atoms with van der Waals surface area (Å²) in [4.78, 5) is 35.4. The number of carbonyl (C=O) groups is 3. The highest BCUT2D eigenvalue weighted by Crippen LogP contribution is 2.17. The van der Waals surface area contributed by atoms with Gasteiger partial charge in [-0.25, -0.2) is 9.59 Å². The lowest BCUT2D eigenvalue weighted by molar-refractivity contribution is -0.142. The van der Waals surface area contributed by atoms with Crippen LogP contribution in [0, 0.1) is 5.92 Å². The minimum absolute atomic E-state index is 0.101. The van der Waals surface area contributed by atoms with E-state index in [4.69, 9.17) is 4.74 Å². The van der Waals surface area contributed by atoms with E-state index in [1.54, 1.807) is 12.1 Å². The van der Waals surface area contributed by atoms with E-state index in [1.807, 2.05) is 6.92 Å². The Balaban J connectivity index is 2.75. The minimum Gasteiger partial charge on any atom is -0.469 e. The van der Waals surface area contributed by atoms with E-state index in [0.29, 0.717) is 0 Å². The smallest absolute Gasteiger partial charge is 0.339 e. The van der Waals surface area contributed by atoms with Crippen molar-refractivity contribution in [2.75, 3.05) is 20.8 Å². The zero-order valence-corrected chi connectivity index (χ0v) is 14.4. The standard InChI is InChI=1S/C18H24O6/c1-4-5-8-13(11-16(19)22-2)12-24-18(21)15-10-7-6-9-14(15)17(20)23-3/h6-7,9-10,13H,4-5,8,11-12H2,1-3H3. The van der Waals surface area contributed by atoms with Crippen molar-refractivity contribution in [1.29, 1.82) is 0 Å². The lowest BCUT2D eigenvalue weighted by Crippen LogP contribution is -2.20. The number of carbonyl (C=O) groups excluding carboxylic acids is 3. The fourth-order valence-corrected chi connectivity index (χ4v) is 2.28. The Labute approximate surface area is 142 Å². The Morgan fingerprint density at radius 2 is 1.62 bits per heavy atom. The maximum Gasteiger partial charge on any atom is 0.339 e. The molecule has 0 radical (unpaired) electrons. The SMILES string of the molecule is CCCCC(COC(=O)c1ccccc1C(=O)OC)CC(=O)OC. The molecule has 6 heteroatoms. The molecule has 1 unspecified atom stereocenters. The molecular formula is C18H24O6. The Bertz CT molecular complexity index is 566. The molecule has 24 heavy (non-hydrogen) atoms. The summed E-state index contributed by atoms with van der Waals surface area (Å²) in [7, 11) is 2.58. The summed E-state index contributed by atoms with van der Waals surface area (Å²) in [6.45, 7) is 2.15. The third-order valence-electron chi connectivity index (χ3n) is 3.65. The number of esters is 3. The van der Waals surface area contributed by atoms with Gasteiger partial charge in [-0.3, -0.25) is 4.79 Å². The number of hydrogen-bond donors (Lipinski definition) is 0. The van der Waals surface area contributed by atoms with E-state index in [1.165, 1.54) is 26.4 Å². The van der Waals surface area contributed by atoms with Gasteiger partial charge < -0.3 is 14.2 Å². The highest BCUT2D eigenvalue weighted by Gasteiger charge is 2.21. The van der Waals surface area contributed by atoms with E-state index in [2.05, 4.69) is 9.47 Å².